The molecule has 0 N–H and O–H groups in total. The van der Waals surface area contributed by atoms with Crippen molar-refractivity contribution in [1.29, 1.82) is 0 Å². The molecule has 1 aliphatic heterocycles. The van der Waals surface area contributed by atoms with Gasteiger partial charge >= 0.3 is 0 Å². The molecule has 1 fully saturated rings. The van der Waals surface area contributed by atoms with Crippen LogP contribution in [0.15, 0.2) is 22.4 Å². The van der Waals surface area contributed by atoms with E-state index in [2.05, 4.69) is 24.8 Å². The molecule has 0 unspecified atom stereocenters. The predicted molar refractivity (Wildman–Crippen MR) is 70.5 cm³/mol. The molecule has 0 bridgehead atoms. The van der Waals surface area contributed by atoms with Crippen molar-refractivity contribution in [2.75, 3.05) is 13.1 Å². The third-order valence-corrected chi connectivity index (χ3v) is 4.29. The quantitative estimate of drug-likeness (QED) is 0.695. The first-order valence-corrected chi connectivity index (χ1v) is 6.91. The van der Waals surface area contributed by atoms with Crippen molar-refractivity contribution in [3.8, 4) is 0 Å². The molecule has 0 aromatic heterocycles. The molecule has 1 saturated heterocycles. The van der Waals surface area contributed by atoms with Gasteiger partial charge in [0.05, 0.1) is 0 Å². The second-order valence-corrected chi connectivity index (χ2v) is 5.55. The van der Waals surface area contributed by atoms with Crippen LogP contribution in [0.5, 0.6) is 0 Å². The molecule has 1 aliphatic carbocycles. The van der Waals surface area contributed by atoms with Gasteiger partial charge in [0.25, 0.3) is 0 Å². The highest BCUT2D eigenvalue weighted by molar-refractivity contribution is 6.30. The third-order valence-electron chi connectivity index (χ3n) is 3.86. The summed E-state index contributed by atoms with van der Waals surface area (Å²) in [6, 6.07) is 0. The molecule has 0 saturated carbocycles. The van der Waals surface area contributed by atoms with Gasteiger partial charge in [-0.15, -0.1) is 0 Å². The molecule has 0 amide bonds. The highest BCUT2D eigenvalue weighted by Gasteiger charge is 2.20. The Morgan fingerprint density at radius 3 is 2.62 bits per heavy atom. The molecular weight excluding hydrogens is 218 g/mol. The SMILES string of the molecule is CCC1=C(Cl)CCC(N2CCC(C)CC2)=C1. The van der Waals surface area contributed by atoms with Crippen molar-refractivity contribution in [1.82, 2.24) is 4.90 Å². The Hall–Kier alpha value is -0.430. The fourth-order valence-electron chi connectivity index (χ4n) is 2.59. The molecule has 0 atom stereocenters. The van der Waals surface area contributed by atoms with Crippen molar-refractivity contribution < 1.29 is 0 Å². The van der Waals surface area contributed by atoms with E-state index in [1.54, 1.807) is 0 Å². The van der Waals surface area contributed by atoms with Crippen molar-refractivity contribution in [2.24, 2.45) is 5.92 Å². The molecule has 90 valence electrons. The van der Waals surface area contributed by atoms with Gasteiger partial charge in [-0.25, -0.2) is 0 Å². The topological polar surface area (TPSA) is 3.24 Å². The Morgan fingerprint density at radius 1 is 1.31 bits per heavy atom. The summed E-state index contributed by atoms with van der Waals surface area (Å²) < 4.78 is 0. The number of rotatable bonds is 2. The van der Waals surface area contributed by atoms with E-state index in [9.17, 15) is 0 Å². The summed E-state index contributed by atoms with van der Waals surface area (Å²) in [7, 11) is 0. The lowest BCUT2D eigenvalue weighted by Gasteiger charge is -2.35. The number of halogens is 1. The number of allylic oxidation sites excluding steroid dienone is 4. The molecule has 16 heavy (non-hydrogen) atoms. The van der Waals surface area contributed by atoms with Crippen LogP contribution < -0.4 is 0 Å². The molecule has 2 heteroatoms. The predicted octanol–water partition coefficient (Wildman–Crippen LogP) is 4.30. The summed E-state index contributed by atoms with van der Waals surface area (Å²) in [6.45, 7) is 7.03. The minimum absolute atomic E-state index is 0.908. The second kappa shape index (κ2) is 5.27. The number of nitrogens with zero attached hydrogens (tertiary/aromatic N) is 1. The zero-order chi connectivity index (χ0) is 11.5. The average molecular weight is 240 g/mol. The Labute approximate surface area is 104 Å². The number of piperidine rings is 1. The Balaban J connectivity index is 2.05. The summed E-state index contributed by atoms with van der Waals surface area (Å²) in [5.41, 5.74) is 2.87. The van der Waals surface area contributed by atoms with Crippen LogP contribution in [0, 0.1) is 5.92 Å². The van der Waals surface area contributed by atoms with E-state index in [0.717, 1.165) is 30.2 Å². The number of likely N-dealkylation sites (tertiary alicyclic amines) is 1. The van der Waals surface area contributed by atoms with Crippen LogP contribution in [0.4, 0.5) is 0 Å². The normalized spacial score (nSPS) is 23.7. The zero-order valence-electron chi connectivity index (χ0n) is 10.4. The molecule has 0 spiro atoms. The summed E-state index contributed by atoms with van der Waals surface area (Å²) in [6.07, 6.45) is 8.26. The van der Waals surface area contributed by atoms with Crippen LogP contribution in [-0.4, -0.2) is 18.0 Å². The van der Waals surface area contributed by atoms with E-state index in [0.29, 0.717) is 0 Å². The molecule has 2 aliphatic rings. The molecular formula is C14H22ClN. The van der Waals surface area contributed by atoms with Gasteiger partial charge in [0.15, 0.2) is 0 Å². The van der Waals surface area contributed by atoms with Gasteiger partial charge in [0, 0.05) is 23.8 Å². The first-order valence-electron chi connectivity index (χ1n) is 6.53. The molecule has 2 rings (SSSR count). The molecule has 0 aromatic carbocycles. The smallest absolute Gasteiger partial charge is 0.0217 e. The fraction of sp³-hybridized carbons (Fsp3) is 0.714. The van der Waals surface area contributed by atoms with Crippen LogP contribution in [-0.2, 0) is 0 Å². The van der Waals surface area contributed by atoms with Crippen LogP contribution in [0.1, 0.15) is 46.0 Å². The van der Waals surface area contributed by atoms with Crippen LogP contribution in [0.25, 0.3) is 0 Å². The summed E-state index contributed by atoms with van der Waals surface area (Å²) >= 11 is 6.23. The van der Waals surface area contributed by atoms with Crippen molar-refractivity contribution in [3.63, 3.8) is 0 Å². The first kappa shape index (κ1) is 12.0. The monoisotopic (exact) mass is 239 g/mol. The van der Waals surface area contributed by atoms with E-state index in [-0.39, 0.29) is 0 Å². The fourth-order valence-corrected chi connectivity index (χ4v) is 2.87. The summed E-state index contributed by atoms with van der Waals surface area (Å²) in [4.78, 5) is 2.57. The van der Waals surface area contributed by atoms with Crippen LogP contribution >= 0.6 is 11.6 Å². The van der Waals surface area contributed by atoms with E-state index < -0.39 is 0 Å². The van der Waals surface area contributed by atoms with E-state index in [4.69, 9.17) is 11.6 Å². The molecule has 1 nitrogen and oxygen atoms in total. The van der Waals surface area contributed by atoms with Crippen LogP contribution in [0.2, 0.25) is 0 Å². The molecule has 0 radical (unpaired) electrons. The molecule has 1 heterocycles. The lowest BCUT2D eigenvalue weighted by atomic mass is 9.95. The summed E-state index contributed by atoms with van der Waals surface area (Å²) in [5.74, 6) is 0.908. The second-order valence-electron chi connectivity index (χ2n) is 5.09. The zero-order valence-corrected chi connectivity index (χ0v) is 11.2. The van der Waals surface area contributed by atoms with E-state index in [1.165, 1.54) is 37.2 Å². The Morgan fingerprint density at radius 2 is 2.00 bits per heavy atom. The maximum Gasteiger partial charge on any atom is 0.0217 e. The van der Waals surface area contributed by atoms with Gasteiger partial charge in [-0.3, -0.25) is 0 Å². The van der Waals surface area contributed by atoms with Gasteiger partial charge in [-0.1, -0.05) is 25.4 Å². The first-order chi connectivity index (χ1) is 7.70. The highest BCUT2D eigenvalue weighted by Crippen LogP contribution is 2.31. The third kappa shape index (κ3) is 2.63. The minimum atomic E-state index is 0.908. The van der Waals surface area contributed by atoms with Gasteiger partial charge in [0.1, 0.15) is 0 Å². The van der Waals surface area contributed by atoms with Gasteiger partial charge in [0.2, 0.25) is 0 Å². The summed E-state index contributed by atoms with van der Waals surface area (Å²) in [5, 5.41) is 1.08. The van der Waals surface area contributed by atoms with E-state index >= 15 is 0 Å². The number of hydrogen-bond acceptors (Lipinski definition) is 1. The van der Waals surface area contributed by atoms with Crippen molar-refractivity contribution >= 4 is 11.6 Å². The van der Waals surface area contributed by atoms with Crippen LogP contribution in [0.3, 0.4) is 0 Å². The highest BCUT2D eigenvalue weighted by atomic mass is 35.5. The largest absolute Gasteiger partial charge is 0.375 e. The van der Waals surface area contributed by atoms with Crippen molar-refractivity contribution in [3.05, 3.63) is 22.4 Å². The lowest BCUT2D eigenvalue weighted by molar-refractivity contribution is 0.230. The van der Waals surface area contributed by atoms with Gasteiger partial charge in [-0.2, -0.15) is 0 Å². The van der Waals surface area contributed by atoms with Gasteiger partial charge in [-0.05, 0) is 49.7 Å². The lowest BCUT2D eigenvalue weighted by Crippen LogP contribution is -2.32. The molecule has 0 aromatic rings. The standard InChI is InChI=1S/C14H22ClN/c1-3-12-10-13(4-5-14(12)15)16-8-6-11(2)7-9-16/h10-11H,3-9H2,1-2H3. The maximum atomic E-state index is 6.23. The van der Waals surface area contributed by atoms with Crippen molar-refractivity contribution in [2.45, 2.75) is 46.0 Å². The Bertz CT molecular complexity index is 309. The number of hydrogen-bond donors (Lipinski definition) is 0. The maximum absolute atomic E-state index is 6.23. The Kier molecular flexibility index (Phi) is 3.96. The van der Waals surface area contributed by atoms with Gasteiger partial charge < -0.3 is 4.90 Å². The van der Waals surface area contributed by atoms with E-state index in [1.807, 2.05) is 0 Å². The minimum Gasteiger partial charge on any atom is -0.375 e. The average Bonchev–Trinajstić information content (AvgIpc) is 2.31.